The van der Waals surface area contributed by atoms with Crippen molar-refractivity contribution in [3.8, 4) is 11.3 Å². The lowest BCUT2D eigenvalue weighted by Gasteiger charge is -2.41. The molecule has 8 nitrogen and oxygen atoms in total. The molecule has 0 aliphatic heterocycles. The van der Waals surface area contributed by atoms with Gasteiger partial charge in [0.1, 0.15) is 11.6 Å². The van der Waals surface area contributed by atoms with E-state index in [2.05, 4.69) is 24.9 Å². The molecular weight excluding hydrogens is 476 g/mol. The SMILES string of the molecule is CCC1c2cc(-c3c(F)cccc3F)nnc2C(C)(c2ccnc(S(=O)(=O)NCCO)n2)C1(C)C. The second-order valence-corrected chi connectivity index (χ2v) is 10.9. The van der Waals surface area contributed by atoms with Crippen molar-refractivity contribution in [1.29, 1.82) is 0 Å². The number of nitrogens with one attached hydrogen (secondary N) is 1. The minimum atomic E-state index is -4.04. The summed E-state index contributed by atoms with van der Waals surface area (Å²) in [5.41, 5.74) is 0.241. The zero-order chi connectivity index (χ0) is 25.6. The molecule has 4 rings (SSSR count). The smallest absolute Gasteiger partial charge is 0.276 e. The molecular formula is C24H27F2N5O3S. The van der Waals surface area contributed by atoms with E-state index in [0.29, 0.717) is 17.8 Å². The molecule has 1 aromatic carbocycles. The zero-order valence-corrected chi connectivity index (χ0v) is 20.7. The third kappa shape index (κ3) is 3.91. The van der Waals surface area contributed by atoms with E-state index >= 15 is 0 Å². The highest BCUT2D eigenvalue weighted by Gasteiger charge is 2.57. The van der Waals surface area contributed by atoms with Gasteiger partial charge in [-0.15, -0.1) is 5.10 Å². The van der Waals surface area contributed by atoms with Crippen molar-refractivity contribution in [3.63, 3.8) is 0 Å². The predicted octanol–water partition coefficient (Wildman–Crippen LogP) is 3.32. The Morgan fingerprint density at radius 2 is 1.80 bits per heavy atom. The molecule has 0 radical (unpaired) electrons. The molecule has 2 N–H and O–H groups in total. The highest BCUT2D eigenvalue weighted by molar-refractivity contribution is 7.89. The van der Waals surface area contributed by atoms with Gasteiger partial charge in [-0.2, -0.15) is 5.10 Å². The maximum atomic E-state index is 14.5. The van der Waals surface area contributed by atoms with Crippen molar-refractivity contribution in [2.45, 2.75) is 50.6 Å². The summed E-state index contributed by atoms with van der Waals surface area (Å²) in [5, 5.41) is 17.2. The predicted molar refractivity (Wildman–Crippen MR) is 125 cm³/mol. The number of rotatable bonds is 7. The van der Waals surface area contributed by atoms with Crippen LogP contribution in [0, 0.1) is 17.0 Å². The number of aliphatic hydroxyl groups excluding tert-OH is 1. The lowest BCUT2D eigenvalue weighted by atomic mass is 9.62. The number of benzene rings is 1. The first-order valence-corrected chi connectivity index (χ1v) is 12.7. The van der Waals surface area contributed by atoms with E-state index in [0.717, 1.165) is 5.56 Å². The number of hydrogen-bond acceptors (Lipinski definition) is 7. The van der Waals surface area contributed by atoms with Crippen LogP contribution >= 0.6 is 0 Å². The van der Waals surface area contributed by atoms with Gasteiger partial charge in [0.25, 0.3) is 15.2 Å². The fourth-order valence-corrected chi connectivity index (χ4v) is 6.05. The van der Waals surface area contributed by atoms with Crippen LogP contribution in [0.15, 0.2) is 41.7 Å². The van der Waals surface area contributed by atoms with Crippen LogP contribution in [-0.2, 0) is 15.4 Å². The van der Waals surface area contributed by atoms with E-state index in [4.69, 9.17) is 5.11 Å². The summed E-state index contributed by atoms with van der Waals surface area (Å²) in [6.45, 7) is 7.47. The van der Waals surface area contributed by atoms with Crippen LogP contribution in [0.3, 0.4) is 0 Å². The quantitative estimate of drug-likeness (QED) is 0.475. The van der Waals surface area contributed by atoms with Crippen LogP contribution in [-0.4, -0.2) is 46.8 Å². The molecule has 2 atom stereocenters. The van der Waals surface area contributed by atoms with E-state index in [1.807, 2.05) is 27.7 Å². The lowest BCUT2D eigenvalue weighted by Crippen LogP contribution is -2.40. The molecule has 35 heavy (non-hydrogen) atoms. The number of halogens is 2. The molecule has 0 spiro atoms. The normalized spacial score (nSPS) is 21.2. The molecule has 11 heteroatoms. The van der Waals surface area contributed by atoms with Crippen LogP contribution in [0.2, 0.25) is 0 Å². The van der Waals surface area contributed by atoms with Crippen LogP contribution in [0.5, 0.6) is 0 Å². The Morgan fingerprint density at radius 1 is 1.11 bits per heavy atom. The second kappa shape index (κ2) is 8.96. The maximum Gasteiger partial charge on any atom is 0.276 e. The van der Waals surface area contributed by atoms with Gasteiger partial charge in [0.15, 0.2) is 0 Å². The second-order valence-electron chi connectivity index (χ2n) is 9.28. The largest absolute Gasteiger partial charge is 0.395 e. The van der Waals surface area contributed by atoms with Gasteiger partial charge in [0.05, 0.1) is 34.7 Å². The number of fused-ring (bicyclic) bond motifs is 1. The number of hydrogen-bond donors (Lipinski definition) is 2. The molecule has 2 unspecified atom stereocenters. The summed E-state index contributed by atoms with van der Waals surface area (Å²) in [5.74, 6) is -1.53. The van der Waals surface area contributed by atoms with Crippen molar-refractivity contribution in [1.82, 2.24) is 24.9 Å². The molecule has 2 aromatic heterocycles. The molecule has 0 saturated heterocycles. The van der Waals surface area contributed by atoms with Crippen molar-refractivity contribution in [2.75, 3.05) is 13.2 Å². The van der Waals surface area contributed by atoms with E-state index < -0.39 is 37.6 Å². The van der Waals surface area contributed by atoms with Crippen LogP contribution in [0.25, 0.3) is 11.3 Å². The fraction of sp³-hybridized carbons (Fsp3) is 0.417. The maximum absolute atomic E-state index is 14.5. The Hall–Kier alpha value is -2.89. The molecule has 3 aromatic rings. The van der Waals surface area contributed by atoms with Gasteiger partial charge in [-0.1, -0.05) is 26.8 Å². The first-order chi connectivity index (χ1) is 16.5. The Bertz CT molecular complexity index is 1360. The zero-order valence-electron chi connectivity index (χ0n) is 19.9. The van der Waals surface area contributed by atoms with Gasteiger partial charge in [-0.3, -0.25) is 0 Å². The van der Waals surface area contributed by atoms with Crippen molar-refractivity contribution in [3.05, 3.63) is 65.1 Å². The van der Waals surface area contributed by atoms with E-state index in [9.17, 15) is 17.2 Å². The standard InChI is InChI=1S/C24H27F2N5O3S/c1-5-15-14-13-18(20-16(25)7-6-8-17(20)26)30-31-21(14)24(4,23(15,2)3)19-9-10-27-22(29-19)35(33,34)28-11-12-32/h6-10,13,15,28,32H,5,11-12H2,1-4H3. The summed E-state index contributed by atoms with van der Waals surface area (Å²) >= 11 is 0. The van der Waals surface area contributed by atoms with Crippen LogP contribution < -0.4 is 4.72 Å². The molecule has 1 aliphatic carbocycles. The summed E-state index contributed by atoms with van der Waals surface area (Å²) < 4.78 is 56.4. The highest BCUT2D eigenvalue weighted by atomic mass is 32.2. The molecule has 0 bridgehead atoms. The van der Waals surface area contributed by atoms with E-state index in [1.165, 1.54) is 24.4 Å². The summed E-state index contributed by atoms with van der Waals surface area (Å²) in [6, 6.07) is 6.95. The van der Waals surface area contributed by atoms with Gasteiger partial charge in [-0.05, 0) is 54.5 Å². The molecule has 0 amide bonds. The molecule has 1 aliphatic rings. The average molecular weight is 504 g/mol. The molecule has 2 heterocycles. The van der Waals surface area contributed by atoms with Crippen molar-refractivity contribution < 1.29 is 22.3 Å². The Balaban J connectivity index is 1.90. The van der Waals surface area contributed by atoms with E-state index in [1.54, 1.807) is 12.1 Å². The minimum absolute atomic E-state index is 0.0749. The lowest BCUT2D eigenvalue weighted by molar-refractivity contribution is 0.188. The topological polar surface area (TPSA) is 118 Å². The number of aliphatic hydroxyl groups is 1. The number of aromatic nitrogens is 4. The van der Waals surface area contributed by atoms with Gasteiger partial charge < -0.3 is 5.11 Å². The summed E-state index contributed by atoms with van der Waals surface area (Å²) in [4.78, 5) is 8.31. The Labute approximate surface area is 202 Å². The summed E-state index contributed by atoms with van der Waals surface area (Å²) in [7, 11) is -4.04. The van der Waals surface area contributed by atoms with Crippen LogP contribution in [0.4, 0.5) is 8.78 Å². The number of sulfonamides is 1. The van der Waals surface area contributed by atoms with Gasteiger partial charge in [0, 0.05) is 12.7 Å². The number of nitrogens with zero attached hydrogens (tertiary/aromatic N) is 4. The average Bonchev–Trinajstić information content (AvgIpc) is 3.00. The Kier molecular flexibility index (Phi) is 6.45. The minimum Gasteiger partial charge on any atom is -0.395 e. The fourth-order valence-electron chi connectivity index (χ4n) is 5.14. The Morgan fingerprint density at radius 3 is 2.43 bits per heavy atom. The van der Waals surface area contributed by atoms with Crippen LogP contribution in [0.1, 0.15) is 57.0 Å². The first-order valence-electron chi connectivity index (χ1n) is 11.3. The van der Waals surface area contributed by atoms with Gasteiger partial charge in [0.2, 0.25) is 0 Å². The molecule has 0 saturated carbocycles. The third-order valence-electron chi connectivity index (χ3n) is 7.25. The first kappa shape index (κ1) is 25.2. The van der Waals surface area contributed by atoms with E-state index in [-0.39, 0.29) is 30.3 Å². The van der Waals surface area contributed by atoms with Gasteiger partial charge >= 0.3 is 0 Å². The summed E-state index contributed by atoms with van der Waals surface area (Å²) in [6.07, 6.45) is 2.07. The monoisotopic (exact) mass is 503 g/mol. The van der Waals surface area contributed by atoms with Gasteiger partial charge in [-0.25, -0.2) is 31.9 Å². The highest BCUT2D eigenvalue weighted by Crippen LogP contribution is 2.61. The third-order valence-corrected chi connectivity index (χ3v) is 8.51. The molecule has 0 fully saturated rings. The van der Waals surface area contributed by atoms with Crippen molar-refractivity contribution >= 4 is 10.0 Å². The molecule has 186 valence electrons. The van der Waals surface area contributed by atoms with Crippen molar-refractivity contribution in [2.24, 2.45) is 5.41 Å².